The molecule has 3 aliphatic rings. The number of hydrogen-bond acceptors (Lipinski definition) is 5. The molecule has 3 aliphatic heterocycles. The fourth-order valence-electron chi connectivity index (χ4n) is 5.53. The topological polar surface area (TPSA) is 71.1 Å². The molecule has 1 N–H and O–H groups in total. The van der Waals surface area contributed by atoms with Crippen LogP contribution in [0.1, 0.15) is 37.8 Å². The van der Waals surface area contributed by atoms with E-state index < -0.39 is 0 Å². The number of aryl methyl sites for hydroxylation is 1. The normalized spacial score (nSPS) is 28.2. The van der Waals surface area contributed by atoms with Crippen molar-refractivity contribution in [2.75, 3.05) is 39.5 Å². The van der Waals surface area contributed by atoms with E-state index >= 15 is 0 Å². The lowest BCUT2D eigenvalue weighted by Crippen LogP contribution is -2.43. The Bertz CT molecular complexity index is 808. The van der Waals surface area contributed by atoms with E-state index in [1.165, 1.54) is 11.1 Å². The lowest BCUT2D eigenvalue weighted by Gasteiger charge is -2.29. The summed E-state index contributed by atoms with van der Waals surface area (Å²) in [7, 11) is 0. The van der Waals surface area contributed by atoms with Crippen LogP contribution in [0, 0.1) is 18.8 Å². The average molecular weight is 444 g/mol. The number of fused-ring (bicyclic) bond motifs is 1. The number of ether oxygens (including phenoxy) is 2. The van der Waals surface area contributed by atoms with Gasteiger partial charge in [0.1, 0.15) is 0 Å². The number of rotatable bonds is 7. The van der Waals surface area contributed by atoms with Gasteiger partial charge in [-0.3, -0.25) is 14.5 Å². The van der Waals surface area contributed by atoms with Gasteiger partial charge in [-0.15, -0.1) is 0 Å². The first kappa shape index (κ1) is 23.2. The zero-order valence-corrected chi connectivity index (χ0v) is 19.6. The Morgan fingerprint density at radius 2 is 1.91 bits per heavy atom. The third kappa shape index (κ3) is 5.33. The Labute approximate surface area is 191 Å². The van der Waals surface area contributed by atoms with Gasteiger partial charge in [0.2, 0.25) is 11.8 Å². The largest absolute Gasteiger partial charge is 0.378 e. The number of benzene rings is 1. The molecule has 3 heterocycles. The standard InChI is InChI=1S/C25H37N3O4/c1-17(2)26-23(29)12-20-15-28(14-19-7-5-4-6-18(19)3)21-16-32-22(25(20)21)13-24(30)27-8-10-31-11-9-27/h4-7,17,20-22,25H,8-16H2,1-3H3,(H,26,29)/t20-,21-,22+,25-/m1/s1. The fraction of sp³-hybridized carbons (Fsp3) is 0.680. The van der Waals surface area contributed by atoms with Crippen molar-refractivity contribution in [2.24, 2.45) is 11.8 Å². The average Bonchev–Trinajstić information content (AvgIpc) is 3.31. The molecule has 7 nitrogen and oxygen atoms in total. The van der Waals surface area contributed by atoms with Crippen LogP contribution in [0.25, 0.3) is 0 Å². The molecular weight excluding hydrogens is 406 g/mol. The second-order valence-electron chi connectivity index (χ2n) is 9.76. The van der Waals surface area contributed by atoms with Crippen molar-refractivity contribution in [3.8, 4) is 0 Å². The highest BCUT2D eigenvalue weighted by Crippen LogP contribution is 2.42. The minimum absolute atomic E-state index is 0.0895. The van der Waals surface area contributed by atoms with Crippen molar-refractivity contribution < 1.29 is 19.1 Å². The minimum Gasteiger partial charge on any atom is -0.378 e. The van der Waals surface area contributed by atoms with Gasteiger partial charge in [-0.1, -0.05) is 24.3 Å². The van der Waals surface area contributed by atoms with Gasteiger partial charge < -0.3 is 19.7 Å². The summed E-state index contributed by atoms with van der Waals surface area (Å²) in [5, 5.41) is 3.04. The number of likely N-dealkylation sites (tertiary alicyclic amines) is 1. The van der Waals surface area contributed by atoms with Gasteiger partial charge in [0.05, 0.1) is 32.3 Å². The summed E-state index contributed by atoms with van der Waals surface area (Å²) in [5.41, 5.74) is 2.59. The summed E-state index contributed by atoms with van der Waals surface area (Å²) in [6.07, 6.45) is 0.741. The van der Waals surface area contributed by atoms with Crippen LogP contribution in [0.4, 0.5) is 0 Å². The van der Waals surface area contributed by atoms with E-state index in [4.69, 9.17) is 9.47 Å². The van der Waals surface area contributed by atoms with Crippen LogP contribution in [0.5, 0.6) is 0 Å². The van der Waals surface area contributed by atoms with Crippen molar-refractivity contribution in [3.05, 3.63) is 35.4 Å². The second-order valence-corrected chi connectivity index (χ2v) is 9.76. The number of carbonyl (C=O) groups excluding carboxylic acids is 2. The molecule has 4 rings (SSSR count). The van der Waals surface area contributed by atoms with Crippen molar-refractivity contribution in [2.45, 2.75) is 58.3 Å². The highest BCUT2D eigenvalue weighted by atomic mass is 16.5. The summed E-state index contributed by atoms with van der Waals surface area (Å²) in [4.78, 5) is 29.9. The van der Waals surface area contributed by atoms with Gasteiger partial charge in [-0.25, -0.2) is 0 Å². The van der Waals surface area contributed by atoms with E-state index in [9.17, 15) is 9.59 Å². The van der Waals surface area contributed by atoms with Gasteiger partial charge in [-0.05, 0) is 37.8 Å². The molecular formula is C25H37N3O4. The van der Waals surface area contributed by atoms with Gasteiger partial charge >= 0.3 is 0 Å². The van der Waals surface area contributed by atoms with Crippen LogP contribution in [-0.2, 0) is 25.6 Å². The van der Waals surface area contributed by atoms with E-state index in [0.717, 1.165) is 13.1 Å². The van der Waals surface area contributed by atoms with Crippen molar-refractivity contribution in [1.82, 2.24) is 15.1 Å². The lowest BCUT2D eigenvalue weighted by atomic mass is 9.84. The molecule has 2 amide bonds. The van der Waals surface area contributed by atoms with Crippen LogP contribution in [0.3, 0.4) is 0 Å². The van der Waals surface area contributed by atoms with Crippen LogP contribution in [-0.4, -0.2) is 79.3 Å². The molecule has 3 saturated heterocycles. The number of amides is 2. The molecule has 0 aromatic heterocycles. The van der Waals surface area contributed by atoms with Crippen LogP contribution < -0.4 is 5.32 Å². The maximum atomic E-state index is 12.9. The third-order valence-electron chi connectivity index (χ3n) is 7.11. The zero-order chi connectivity index (χ0) is 22.7. The molecule has 3 fully saturated rings. The quantitative estimate of drug-likeness (QED) is 0.698. The van der Waals surface area contributed by atoms with Gasteiger partial charge in [0.25, 0.3) is 0 Å². The summed E-state index contributed by atoms with van der Waals surface area (Å²) in [6, 6.07) is 8.84. The first-order chi connectivity index (χ1) is 15.4. The van der Waals surface area contributed by atoms with Gasteiger partial charge in [0.15, 0.2) is 0 Å². The monoisotopic (exact) mass is 443 g/mol. The van der Waals surface area contributed by atoms with E-state index in [1.54, 1.807) is 0 Å². The van der Waals surface area contributed by atoms with E-state index in [-0.39, 0.29) is 41.8 Å². The fourth-order valence-corrected chi connectivity index (χ4v) is 5.53. The first-order valence-electron chi connectivity index (χ1n) is 12.0. The maximum Gasteiger partial charge on any atom is 0.225 e. The molecule has 0 saturated carbocycles. The van der Waals surface area contributed by atoms with Crippen molar-refractivity contribution in [3.63, 3.8) is 0 Å². The number of nitrogens with zero attached hydrogens (tertiary/aromatic N) is 2. The first-order valence-corrected chi connectivity index (χ1v) is 12.0. The second kappa shape index (κ2) is 10.3. The molecule has 176 valence electrons. The predicted molar refractivity (Wildman–Crippen MR) is 122 cm³/mol. The molecule has 4 atom stereocenters. The summed E-state index contributed by atoms with van der Waals surface area (Å²) in [6.45, 7) is 11.0. The van der Waals surface area contributed by atoms with Gasteiger partial charge in [-0.2, -0.15) is 0 Å². The molecule has 0 unspecified atom stereocenters. The molecule has 32 heavy (non-hydrogen) atoms. The predicted octanol–water partition coefficient (Wildman–Crippen LogP) is 1.97. The zero-order valence-electron chi connectivity index (χ0n) is 19.6. The van der Waals surface area contributed by atoms with Crippen LogP contribution >= 0.6 is 0 Å². The van der Waals surface area contributed by atoms with Crippen molar-refractivity contribution in [1.29, 1.82) is 0 Å². The molecule has 0 spiro atoms. The molecule has 0 aliphatic carbocycles. The SMILES string of the molecule is Cc1ccccc1CN1C[C@@H](CC(=O)NC(C)C)[C@H]2[C@H](CC(=O)N3CCOCC3)OC[C@H]21. The van der Waals surface area contributed by atoms with E-state index in [2.05, 4.69) is 41.4 Å². The molecule has 0 radical (unpaired) electrons. The third-order valence-corrected chi connectivity index (χ3v) is 7.11. The number of carbonyl (C=O) groups is 2. The maximum absolute atomic E-state index is 12.9. The number of morpholine rings is 1. The number of nitrogens with one attached hydrogen (secondary N) is 1. The van der Waals surface area contributed by atoms with Crippen LogP contribution in [0.15, 0.2) is 24.3 Å². The summed E-state index contributed by atoms with van der Waals surface area (Å²) < 4.78 is 11.6. The molecule has 0 bridgehead atoms. The molecule has 1 aromatic rings. The summed E-state index contributed by atoms with van der Waals surface area (Å²) in [5.74, 6) is 0.614. The minimum atomic E-state index is -0.130. The highest BCUT2D eigenvalue weighted by Gasteiger charge is 2.51. The number of hydrogen-bond donors (Lipinski definition) is 1. The highest BCUT2D eigenvalue weighted by molar-refractivity contribution is 5.77. The Morgan fingerprint density at radius 1 is 1.16 bits per heavy atom. The van der Waals surface area contributed by atoms with E-state index in [0.29, 0.717) is 45.8 Å². The Hall–Kier alpha value is -1.96. The Balaban J connectivity index is 1.48. The molecule has 7 heteroatoms. The Morgan fingerprint density at radius 3 is 2.62 bits per heavy atom. The van der Waals surface area contributed by atoms with Gasteiger partial charge in [0, 0.05) is 50.6 Å². The molecule has 1 aromatic carbocycles. The smallest absolute Gasteiger partial charge is 0.225 e. The Kier molecular flexibility index (Phi) is 7.48. The summed E-state index contributed by atoms with van der Waals surface area (Å²) >= 11 is 0. The lowest BCUT2D eigenvalue weighted by molar-refractivity contribution is -0.138. The van der Waals surface area contributed by atoms with E-state index in [1.807, 2.05) is 18.7 Å². The van der Waals surface area contributed by atoms with Crippen LogP contribution in [0.2, 0.25) is 0 Å². The van der Waals surface area contributed by atoms with Crippen molar-refractivity contribution >= 4 is 11.8 Å².